The molecule has 166 valence electrons. The number of methoxy groups -OCH3 is 1. The second-order valence-electron chi connectivity index (χ2n) is 9.06. The molecule has 4 rings (SSSR count). The summed E-state index contributed by atoms with van der Waals surface area (Å²) < 4.78 is 5.18. The lowest BCUT2D eigenvalue weighted by molar-refractivity contribution is 0.0772. The average molecular weight is 422 g/mol. The summed E-state index contributed by atoms with van der Waals surface area (Å²) in [6, 6.07) is 16.9. The second kappa shape index (κ2) is 10.4. The first-order valence-corrected chi connectivity index (χ1v) is 11.5. The standard InChI is InChI=1S/C26H35N3O2/c1-27(17-22-11-13-28(19-22)15-16-31-2)26(30)24-9-7-21(8-10-24)18-29-14-12-23-5-3-4-6-25(23)20-29/h3-10,22H,11-20H2,1-2H3. The fraction of sp³-hybridized carbons (Fsp3) is 0.500. The fourth-order valence-electron chi connectivity index (χ4n) is 4.88. The van der Waals surface area contributed by atoms with Crippen LogP contribution in [0.2, 0.25) is 0 Å². The van der Waals surface area contributed by atoms with Crippen LogP contribution in [-0.4, -0.2) is 74.1 Å². The first kappa shape index (κ1) is 22.0. The Bertz CT molecular complexity index is 867. The minimum absolute atomic E-state index is 0.119. The summed E-state index contributed by atoms with van der Waals surface area (Å²) in [4.78, 5) is 19.7. The maximum Gasteiger partial charge on any atom is 0.253 e. The zero-order valence-electron chi connectivity index (χ0n) is 18.9. The van der Waals surface area contributed by atoms with E-state index >= 15 is 0 Å². The second-order valence-corrected chi connectivity index (χ2v) is 9.06. The fourth-order valence-corrected chi connectivity index (χ4v) is 4.88. The van der Waals surface area contributed by atoms with E-state index in [2.05, 4.69) is 46.2 Å². The van der Waals surface area contributed by atoms with E-state index in [-0.39, 0.29) is 5.91 Å². The van der Waals surface area contributed by atoms with Crippen molar-refractivity contribution in [1.82, 2.24) is 14.7 Å². The molecule has 5 heteroatoms. The number of carbonyl (C=O) groups excluding carboxylic acids is 1. The van der Waals surface area contributed by atoms with Crippen molar-refractivity contribution in [2.75, 3.05) is 53.5 Å². The molecule has 1 fully saturated rings. The maximum absolute atomic E-state index is 12.9. The highest BCUT2D eigenvalue weighted by molar-refractivity contribution is 5.94. The third-order valence-corrected chi connectivity index (χ3v) is 6.68. The first-order chi connectivity index (χ1) is 15.1. The maximum atomic E-state index is 12.9. The first-order valence-electron chi connectivity index (χ1n) is 11.5. The van der Waals surface area contributed by atoms with Gasteiger partial charge in [-0.15, -0.1) is 0 Å². The summed E-state index contributed by atoms with van der Waals surface area (Å²) >= 11 is 0. The molecule has 0 saturated carbocycles. The molecule has 1 amide bonds. The summed E-state index contributed by atoms with van der Waals surface area (Å²) in [5.74, 6) is 0.667. The molecule has 0 bridgehead atoms. The molecule has 1 atom stereocenters. The lowest BCUT2D eigenvalue weighted by Crippen LogP contribution is -2.33. The number of rotatable bonds is 8. The molecular formula is C26H35N3O2. The van der Waals surface area contributed by atoms with Gasteiger partial charge in [-0.1, -0.05) is 36.4 Å². The molecule has 0 N–H and O–H groups in total. The van der Waals surface area contributed by atoms with Gasteiger partial charge in [-0.3, -0.25) is 9.69 Å². The van der Waals surface area contributed by atoms with E-state index in [1.165, 1.54) is 16.7 Å². The number of nitrogens with zero attached hydrogens (tertiary/aromatic N) is 3. The van der Waals surface area contributed by atoms with Crippen LogP contribution in [0.5, 0.6) is 0 Å². The largest absolute Gasteiger partial charge is 0.383 e. The monoisotopic (exact) mass is 421 g/mol. The Hall–Kier alpha value is -2.21. The van der Waals surface area contributed by atoms with Crippen molar-refractivity contribution in [2.45, 2.75) is 25.9 Å². The number of ether oxygens (including phenoxy) is 1. The normalized spacial score (nSPS) is 19.4. The van der Waals surface area contributed by atoms with Crippen LogP contribution < -0.4 is 0 Å². The van der Waals surface area contributed by atoms with Crippen molar-refractivity contribution >= 4 is 5.91 Å². The van der Waals surface area contributed by atoms with Crippen molar-refractivity contribution in [2.24, 2.45) is 5.92 Å². The molecule has 0 radical (unpaired) electrons. The zero-order chi connectivity index (χ0) is 21.6. The van der Waals surface area contributed by atoms with Crippen LogP contribution in [0.4, 0.5) is 0 Å². The molecule has 5 nitrogen and oxygen atoms in total. The Morgan fingerprint density at radius 3 is 2.61 bits per heavy atom. The predicted molar refractivity (Wildman–Crippen MR) is 124 cm³/mol. The summed E-state index contributed by atoms with van der Waals surface area (Å²) in [5.41, 5.74) is 4.97. The highest BCUT2D eigenvalue weighted by Gasteiger charge is 2.25. The molecule has 2 aromatic rings. The number of benzene rings is 2. The minimum atomic E-state index is 0.119. The third kappa shape index (κ3) is 5.73. The highest BCUT2D eigenvalue weighted by atomic mass is 16.5. The Balaban J connectivity index is 1.27. The van der Waals surface area contributed by atoms with Gasteiger partial charge in [-0.25, -0.2) is 0 Å². The predicted octanol–water partition coefficient (Wildman–Crippen LogP) is 3.29. The van der Waals surface area contributed by atoms with E-state index in [1.807, 2.05) is 24.1 Å². The van der Waals surface area contributed by atoms with Crippen LogP contribution in [0.3, 0.4) is 0 Å². The van der Waals surface area contributed by atoms with E-state index < -0.39 is 0 Å². The topological polar surface area (TPSA) is 36.0 Å². The number of likely N-dealkylation sites (tertiary alicyclic amines) is 1. The number of hydrogen-bond donors (Lipinski definition) is 0. The van der Waals surface area contributed by atoms with Crippen LogP contribution in [0.25, 0.3) is 0 Å². The van der Waals surface area contributed by atoms with Gasteiger partial charge >= 0.3 is 0 Å². The van der Waals surface area contributed by atoms with E-state index in [4.69, 9.17) is 4.74 Å². The van der Waals surface area contributed by atoms with Crippen LogP contribution in [0, 0.1) is 5.92 Å². The average Bonchev–Trinajstić information content (AvgIpc) is 3.24. The summed E-state index contributed by atoms with van der Waals surface area (Å²) in [6.07, 6.45) is 2.26. The Kier molecular flexibility index (Phi) is 7.38. The molecule has 2 aliphatic heterocycles. The SMILES string of the molecule is COCCN1CCC(CN(C)C(=O)c2ccc(CN3CCc4ccccc4C3)cc2)C1. The van der Waals surface area contributed by atoms with Crippen LogP contribution in [0.15, 0.2) is 48.5 Å². The van der Waals surface area contributed by atoms with Crippen molar-refractivity contribution in [1.29, 1.82) is 0 Å². The Labute approximate surface area is 186 Å². The molecule has 2 heterocycles. The van der Waals surface area contributed by atoms with Gasteiger partial charge in [-0.2, -0.15) is 0 Å². The van der Waals surface area contributed by atoms with E-state index in [0.29, 0.717) is 5.92 Å². The van der Waals surface area contributed by atoms with Crippen LogP contribution in [-0.2, 0) is 24.2 Å². The van der Waals surface area contributed by atoms with Crippen LogP contribution in [0.1, 0.15) is 33.5 Å². The smallest absolute Gasteiger partial charge is 0.253 e. The quantitative estimate of drug-likeness (QED) is 0.655. The molecule has 1 unspecified atom stereocenters. The van der Waals surface area contributed by atoms with Gasteiger partial charge in [0.15, 0.2) is 0 Å². The number of carbonyl (C=O) groups is 1. The molecule has 31 heavy (non-hydrogen) atoms. The highest BCUT2D eigenvalue weighted by Crippen LogP contribution is 2.21. The van der Waals surface area contributed by atoms with Gasteiger partial charge in [0.2, 0.25) is 0 Å². The van der Waals surface area contributed by atoms with Gasteiger partial charge in [-0.05, 0) is 54.1 Å². The third-order valence-electron chi connectivity index (χ3n) is 6.68. The Morgan fingerprint density at radius 1 is 1.06 bits per heavy atom. The molecular weight excluding hydrogens is 386 g/mol. The van der Waals surface area contributed by atoms with E-state index in [9.17, 15) is 4.79 Å². The van der Waals surface area contributed by atoms with Gasteiger partial charge in [0.05, 0.1) is 6.61 Å². The molecule has 1 saturated heterocycles. The van der Waals surface area contributed by atoms with E-state index in [0.717, 1.165) is 70.8 Å². The number of amides is 1. The van der Waals surface area contributed by atoms with Gasteiger partial charge in [0.1, 0.15) is 0 Å². The van der Waals surface area contributed by atoms with Crippen molar-refractivity contribution in [3.63, 3.8) is 0 Å². The van der Waals surface area contributed by atoms with Crippen LogP contribution >= 0.6 is 0 Å². The van der Waals surface area contributed by atoms with E-state index in [1.54, 1.807) is 7.11 Å². The zero-order valence-corrected chi connectivity index (χ0v) is 18.9. The lowest BCUT2D eigenvalue weighted by Gasteiger charge is -2.28. The van der Waals surface area contributed by atoms with Gasteiger partial charge < -0.3 is 14.5 Å². The van der Waals surface area contributed by atoms with Gasteiger partial charge in [0.25, 0.3) is 5.91 Å². The number of hydrogen-bond acceptors (Lipinski definition) is 4. The minimum Gasteiger partial charge on any atom is -0.383 e. The summed E-state index contributed by atoms with van der Waals surface area (Å²) in [5, 5.41) is 0. The molecule has 0 spiro atoms. The van der Waals surface area contributed by atoms with Crippen molar-refractivity contribution in [3.05, 3.63) is 70.8 Å². The van der Waals surface area contributed by atoms with Crippen molar-refractivity contribution < 1.29 is 9.53 Å². The summed E-state index contributed by atoms with van der Waals surface area (Å²) in [7, 11) is 3.68. The molecule has 2 aromatic carbocycles. The molecule has 2 aliphatic rings. The van der Waals surface area contributed by atoms with Crippen molar-refractivity contribution in [3.8, 4) is 0 Å². The number of fused-ring (bicyclic) bond motifs is 1. The molecule has 0 aromatic heterocycles. The lowest BCUT2D eigenvalue weighted by atomic mass is 9.99. The molecule has 0 aliphatic carbocycles. The van der Waals surface area contributed by atoms with Gasteiger partial charge in [0, 0.05) is 59.0 Å². The Morgan fingerprint density at radius 2 is 1.84 bits per heavy atom. The summed E-state index contributed by atoms with van der Waals surface area (Å²) in [6.45, 7) is 7.75.